The number of hydrogen-bond acceptors (Lipinski definition) is 4. The molecule has 3 rings (SSSR count). The zero-order valence-corrected chi connectivity index (χ0v) is 15.4. The molecule has 0 fully saturated rings. The molecule has 0 aliphatic rings. The highest BCUT2D eigenvalue weighted by Gasteiger charge is 2.34. The van der Waals surface area contributed by atoms with Gasteiger partial charge in [-0.1, -0.05) is 18.2 Å². The van der Waals surface area contributed by atoms with Crippen LogP contribution in [-0.4, -0.2) is 21.6 Å². The lowest BCUT2D eigenvalue weighted by Gasteiger charge is -2.12. The van der Waals surface area contributed by atoms with Crippen LogP contribution < -0.4 is 16.4 Å². The Morgan fingerprint density at radius 3 is 2.30 bits per heavy atom. The van der Waals surface area contributed by atoms with E-state index in [1.807, 2.05) is 10.9 Å². The minimum atomic E-state index is -4.99. The van der Waals surface area contributed by atoms with E-state index in [0.717, 1.165) is 10.7 Å². The number of aryl methyl sites for hydroxylation is 1. The van der Waals surface area contributed by atoms with Gasteiger partial charge in [0.05, 0.1) is 10.9 Å². The van der Waals surface area contributed by atoms with E-state index in [9.17, 15) is 31.9 Å². The molecule has 2 aromatic carbocycles. The summed E-state index contributed by atoms with van der Waals surface area (Å²) in [7, 11) is 0. The molecule has 0 atom stereocenters. The molecule has 30 heavy (non-hydrogen) atoms. The van der Waals surface area contributed by atoms with Gasteiger partial charge in [0, 0.05) is 17.5 Å². The summed E-state index contributed by atoms with van der Waals surface area (Å²) in [6.07, 6.45) is -4.99. The van der Waals surface area contributed by atoms with Crippen LogP contribution in [0.4, 0.5) is 17.6 Å². The SMILES string of the molecule is CCn1nc(C(=O)NNC(=O)c2ccc(F)c(C(F)(F)F)c2)c2ccccc2c1=O. The van der Waals surface area contributed by atoms with Gasteiger partial charge >= 0.3 is 6.18 Å². The van der Waals surface area contributed by atoms with E-state index in [2.05, 4.69) is 5.10 Å². The molecule has 1 heterocycles. The third-order valence-electron chi connectivity index (χ3n) is 4.21. The molecule has 0 unspecified atom stereocenters. The largest absolute Gasteiger partial charge is 0.419 e. The monoisotopic (exact) mass is 422 g/mol. The number of nitrogens with one attached hydrogen (secondary N) is 2. The number of amides is 2. The first kappa shape index (κ1) is 21.0. The molecule has 0 spiro atoms. The van der Waals surface area contributed by atoms with Crippen molar-refractivity contribution in [2.24, 2.45) is 0 Å². The van der Waals surface area contributed by atoms with Crippen LogP contribution in [0.15, 0.2) is 47.3 Å². The van der Waals surface area contributed by atoms with Crippen LogP contribution in [0.2, 0.25) is 0 Å². The lowest BCUT2D eigenvalue weighted by Crippen LogP contribution is -2.42. The van der Waals surface area contributed by atoms with Gasteiger partial charge in [-0.25, -0.2) is 9.07 Å². The van der Waals surface area contributed by atoms with Crippen molar-refractivity contribution < 1.29 is 27.2 Å². The summed E-state index contributed by atoms with van der Waals surface area (Å²) >= 11 is 0. The lowest BCUT2D eigenvalue weighted by molar-refractivity contribution is -0.140. The van der Waals surface area contributed by atoms with Crippen LogP contribution in [0.25, 0.3) is 10.8 Å². The summed E-state index contributed by atoms with van der Waals surface area (Å²) in [6.45, 7) is 1.84. The summed E-state index contributed by atoms with van der Waals surface area (Å²) in [4.78, 5) is 36.9. The Bertz CT molecular complexity index is 1200. The highest BCUT2D eigenvalue weighted by Crippen LogP contribution is 2.31. The highest BCUT2D eigenvalue weighted by molar-refractivity contribution is 6.06. The van der Waals surface area contributed by atoms with Gasteiger partial charge in [0.25, 0.3) is 17.4 Å². The zero-order chi connectivity index (χ0) is 22.1. The van der Waals surface area contributed by atoms with Gasteiger partial charge in [0.2, 0.25) is 0 Å². The molecule has 2 amide bonds. The third-order valence-corrected chi connectivity index (χ3v) is 4.21. The lowest BCUT2D eigenvalue weighted by atomic mass is 10.1. The van der Waals surface area contributed by atoms with Crippen molar-refractivity contribution in [1.82, 2.24) is 20.6 Å². The molecule has 0 radical (unpaired) electrons. The number of carbonyl (C=O) groups excluding carboxylic acids is 2. The van der Waals surface area contributed by atoms with Gasteiger partial charge in [0.15, 0.2) is 5.69 Å². The maximum Gasteiger partial charge on any atom is 0.419 e. The van der Waals surface area contributed by atoms with E-state index in [4.69, 9.17) is 0 Å². The maximum atomic E-state index is 13.4. The molecule has 2 N–H and O–H groups in total. The molecule has 0 aliphatic heterocycles. The van der Waals surface area contributed by atoms with Crippen molar-refractivity contribution in [3.63, 3.8) is 0 Å². The Morgan fingerprint density at radius 1 is 1.03 bits per heavy atom. The zero-order valence-electron chi connectivity index (χ0n) is 15.4. The number of benzene rings is 2. The van der Waals surface area contributed by atoms with Crippen LogP contribution in [0.5, 0.6) is 0 Å². The normalized spacial score (nSPS) is 11.4. The first-order valence-corrected chi connectivity index (χ1v) is 8.60. The van der Waals surface area contributed by atoms with Crippen molar-refractivity contribution in [2.75, 3.05) is 0 Å². The molecule has 0 bridgehead atoms. The minimum absolute atomic E-state index is 0.164. The average molecular weight is 422 g/mol. The van der Waals surface area contributed by atoms with E-state index < -0.39 is 40.5 Å². The maximum absolute atomic E-state index is 13.4. The fourth-order valence-electron chi connectivity index (χ4n) is 2.75. The van der Waals surface area contributed by atoms with Crippen molar-refractivity contribution in [2.45, 2.75) is 19.6 Å². The second kappa shape index (κ2) is 7.93. The number of hydrogen-bond donors (Lipinski definition) is 2. The predicted molar refractivity (Wildman–Crippen MR) is 98.0 cm³/mol. The van der Waals surface area contributed by atoms with Crippen LogP contribution in [0.1, 0.15) is 33.3 Å². The van der Waals surface area contributed by atoms with Crippen molar-refractivity contribution in [3.05, 3.63) is 75.5 Å². The summed E-state index contributed by atoms with van der Waals surface area (Å²) < 4.78 is 52.8. The van der Waals surface area contributed by atoms with Crippen LogP contribution in [0.3, 0.4) is 0 Å². The smallest absolute Gasteiger partial charge is 0.267 e. The second-order valence-electron chi connectivity index (χ2n) is 6.12. The van der Waals surface area contributed by atoms with Crippen LogP contribution in [-0.2, 0) is 12.7 Å². The molecular weight excluding hydrogens is 408 g/mol. The molecular formula is C19H14F4N4O3. The summed E-state index contributed by atoms with van der Waals surface area (Å²) in [5, 5.41) is 4.44. The van der Waals surface area contributed by atoms with E-state index >= 15 is 0 Å². The summed E-state index contributed by atoms with van der Waals surface area (Å²) in [5.74, 6) is -3.51. The topological polar surface area (TPSA) is 93.1 Å². The number of fused-ring (bicyclic) bond motifs is 1. The van der Waals surface area contributed by atoms with Crippen molar-refractivity contribution >= 4 is 22.6 Å². The van der Waals surface area contributed by atoms with Gasteiger partial charge in [-0.15, -0.1) is 0 Å². The number of hydrazine groups is 1. The van der Waals surface area contributed by atoms with E-state index in [1.54, 1.807) is 19.1 Å². The van der Waals surface area contributed by atoms with Gasteiger partial charge in [-0.2, -0.15) is 18.3 Å². The number of alkyl halides is 3. The van der Waals surface area contributed by atoms with Gasteiger partial charge < -0.3 is 0 Å². The van der Waals surface area contributed by atoms with Crippen LogP contribution >= 0.6 is 0 Å². The quantitative estimate of drug-likeness (QED) is 0.501. The van der Waals surface area contributed by atoms with E-state index in [-0.39, 0.29) is 23.0 Å². The summed E-state index contributed by atoms with van der Waals surface area (Å²) in [5.41, 5.74) is 1.31. The first-order chi connectivity index (χ1) is 14.1. The van der Waals surface area contributed by atoms with Gasteiger partial charge in [-0.05, 0) is 31.2 Å². The molecule has 0 aliphatic carbocycles. The van der Waals surface area contributed by atoms with Gasteiger partial charge in [-0.3, -0.25) is 25.2 Å². The van der Waals surface area contributed by atoms with Crippen molar-refractivity contribution in [3.8, 4) is 0 Å². The number of nitrogens with zero attached hydrogens (tertiary/aromatic N) is 2. The number of carbonyl (C=O) groups is 2. The third kappa shape index (κ3) is 4.00. The summed E-state index contributed by atoms with van der Waals surface area (Å²) in [6, 6.07) is 7.89. The Balaban J connectivity index is 1.86. The molecule has 7 nitrogen and oxygen atoms in total. The standard InChI is InChI=1S/C19H14F4N4O3/c1-2-27-18(30)12-6-4-3-5-11(12)15(26-27)17(29)25-24-16(28)10-7-8-14(20)13(9-10)19(21,22)23/h3-9H,2H2,1H3,(H,24,28)(H,25,29). The average Bonchev–Trinajstić information content (AvgIpc) is 2.71. The van der Waals surface area contributed by atoms with E-state index in [1.165, 1.54) is 12.1 Å². The second-order valence-corrected chi connectivity index (χ2v) is 6.12. The molecule has 156 valence electrons. The number of aromatic nitrogens is 2. The Kier molecular flexibility index (Phi) is 5.54. The van der Waals surface area contributed by atoms with Crippen LogP contribution in [0, 0.1) is 5.82 Å². The Labute approximate surface area is 166 Å². The minimum Gasteiger partial charge on any atom is -0.267 e. The van der Waals surface area contributed by atoms with Crippen molar-refractivity contribution in [1.29, 1.82) is 0 Å². The predicted octanol–water partition coefficient (Wildman–Crippen LogP) is 2.65. The molecule has 3 aromatic rings. The molecule has 0 saturated carbocycles. The van der Waals surface area contributed by atoms with Gasteiger partial charge in [0.1, 0.15) is 5.82 Å². The number of halogens is 4. The first-order valence-electron chi connectivity index (χ1n) is 8.60. The van der Waals surface area contributed by atoms with E-state index in [0.29, 0.717) is 12.1 Å². The fourth-order valence-corrected chi connectivity index (χ4v) is 2.75. The highest BCUT2D eigenvalue weighted by atomic mass is 19.4. The fraction of sp³-hybridized carbons (Fsp3) is 0.158. The molecule has 1 aromatic heterocycles. The molecule has 11 heteroatoms. The number of rotatable bonds is 3. The Hall–Kier alpha value is -3.76. The Morgan fingerprint density at radius 2 is 1.67 bits per heavy atom. The molecule has 0 saturated heterocycles.